The molecule has 0 spiro atoms. The molecule has 0 aromatic carbocycles. The molecule has 0 saturated carbocycles. The van der Waals surface area contributed by atoms with Crippen molar-refractivity contribution in [1.82, 2.24) is 4.90 Å². The zero-order valence-corrected chi connectivity index (χ0v) is 10.7. The third kappa shape index (κ3) is 3.46. The van der Waals surface area contributed by atoms with Crippen LogP contribution in [-0.4, -0.2) is 35.4 Å². The summed E-state index contributed by atoms with van der Waals surface area (Å²) >= 11 is 1.66. The second kappa shape index (κ2) is 5.59. The molecule has 1 atom stereocenters. The minimum Gasteiger partial charge on any atom is -0.383 e. The number of aliphatic hydroxyl groups excluding tert-OH is 1. The molecule has 18 heavy (non-hydrogen) atoms. The Labute approximate surface area is 108 Å². The van der Waals surface area contributed by atoms with Crippen molar-refractivity contribution in [2.75, 3.05) is 13.1 Å². The molecule has 6 heteroatoms. The predicted molar refractivity (Wildman–Crippen MR) is 64.4 cm³/mol. The largest absolute Gasteiger partial charge is 0.414 e. The molecule has 2 heterocycles. The van der Waals surface area contributed by atoms with E-state index in [4.69, 9.17) is 0 Å². The Morgan fingerprint density at radius 3 is 2.56 bits per heavy atom. The van der Waals surface area contributed by atoms with Crippen LogP contribution in [0.5, 0.6) is 0 Å². The molecule has 1 N–H and O–H groups in total. The van der Waals surface area contributed by atoms with Crippen molar-refractivity contribution in [3.05, 3.63) is 22.4 Å². The van der Waals surface area contributed by atoms with E-state index in [2.05, 4.69) is 4.90 Å². The van der Waals surface area contributed by atoms with Gasteiger partial charge in [0.1, 0.15) is 0 Å². The van der Waals surface area contributed by atoms with E-state index in [1.807, 2.05) is 17.5 Å². The van der Waals surface area contributed by atoms with E-state index in [1.165, 1.54) is 4.88 Å². The van der Waals surface area contributed by atoms with E-state index in [0.717, 1.165) is 6.54 Å². The monoisotopic (exact) mass is 279 g/mol. The molecule has 2 rings (SSSR count). The zero-order chi connectivity index (χ0) is 13.2. The number of likely N-dealkylation sites (tertiary alicyclic amines) is 1. The molecule has 1 unspecified atom stereocenters. The maximum atomic E-state index is 12.4. The van der Waals surface area contributed by atoms with E-state index in [1.54, 1.807) is 11.3 Å². The SMILES string of the molecule is OC(C1CCN(Cc2cccs2)CC1)C(F)(F)F. The Kier molecular flexibility index (Phi) is 4.29. The third-order valence-corrected chi connectivity index (χ3v) is 4.23. The standard InChI is InChI=1S/C12H16F3NOS/c13-12(14,15)11(17)9-3-5-16(6-4-9)8-10-2-1-7-18-10/h1-2,7,9,11,17H,3-6,8H2. The summed E-state index contributed by atoms with van der Waals surface area (Å²) in [5, 5.41) is 11.2. The number of halogens is 3. The molecule has 0 amide bonds. The smallest absolute Gasteiger partial charge is 0.383 e. The first kappa shape index (κ1) is 13.8. The van der Waals surface area contributed by atoms with Crippen LogP contribution in [0.25, 0.3) is 0 Å². The summed E-state index contributed by atoms with van der Waals surface area (Å²) in [5.41, 5.74) is 0. The van der Waals surface area contributed by atoms with Gasteiger partial charge in [0.15, 0.2) is 6.10 Å². The maximum absolute atomic E-state index is 12.4. The van der Waals surface area contributed by atoms with Crippen LogP contribution in [0, 0.1) is 5.92 Å². The molecule has 1 fully saturated rings. The van der Waals surface area contributed by atoms with Gasteiger partial charge in [-0.25, -0.2) is 0 Å². The van der Waals surface area contributed by atoms with Crippen molar-refractivity contribution in [3.63, 3.8) is 0 Å². The third-order valence-electron chi connectivity index (χ3n) is 3.37. The highest BCUT2D eigenvalue weighted by Crippen LogP contribution is 2.32. The average Bonchev–Trinajstić information content (AvgIpc) is 2.81. The number of rotatable bonds is 3. The Balaban J connectivity index is 1.81. The van der Waals surface area contributed by atoms with Gasteiger partial charge in [0.25, 0.3) is 0 Å². The van der Waals surface area contributed by atoms with Gasteiger partial charge >= 0.3 is 6.18 Å². The lowest BCUT2D eigenvalue weighted by atomic mass is 9.91. The van der Waals surface area contributed by atoms with Crippen LogP contribution in [0.15, 0.2) is 17.5 Å². The van der Waals surface area contributed by atoms with Crippen molar-refractivity contribution in [1.29, 1.82) is 0 Å². The van der Waals surface area contributed by atoms with Crippen LogP contribution in [0.2, 0.25) is 0 Å². The van der Waals surface area contributed by atoms with Gasteiger partial charge in [0.2, 0.25) is 0 Å². The predicted octanol–water partition coefficient (Wildman–Crippen LogP) is 2.88. The molecule has 102 valence electrons. The Morgan fingerprint density at radius 2 is 2.06 bits per heavy atom. The molecule has 0 radical (unpaired) electrons. The van der Waals surface area contributed by atoms with Gasteiger partial charge in [0.05, 0.1) is 0 Å². The lowest BCUT2D eigenvalue weighted by Crippen LogP contribution is -2.43. The zero-order valence-electron chi connectivity index (χ0n) is 9.86. The molecule has 2 nitrogen and oxygen atoms in total. The lowest BCUT2D eigenvalue weighted by molar-refractivity contribution is -0.223. The summed E-state index contributed by atoms with van der Waals surface area (Å²) in [7, 11) is 0. The average molecular weight is 279 g/mol. The van der Waals surface area contributed by atoms with Gasteiger partial charge in [-0.2, -0.15) is 13.2 Å². The highest BCUT2D eigenvalue weighted by Gasteiger charge is 2.44. The minimum absolute atomic E-state index is 0.409. The summed E-state index contributed by atoms with van der Waals surface area (Å²) < 4.78 is 37.1. The van der Waals surface area contributed by atoms with Crippen LogP contribution in [0.1, 0.15) is 17.7 Å². The molecular formula is C12H16F3NOS. The fraction of sp³-hybridized carbons (Fsp3) is 0.667. The maximum Gasteiger partial charge on any atom is 0.414 e. The minimum atomic E-state index is -4.49. The fourth-order valence-corrected chi connectivity index (χ4v) is 3.06. The number of aliphatic hydroxyl groups is 1. The van der Waals surface area contributed by atoms with Crippen LogP contribution >= 0.6 is 11.3 Å². The quantitative estimate of drug-likeness (QED) is 0.919. The van der Waals surface area contributed by atoms with E-state index in [9.17, 15) is 18.3 Å². The van der Waals surface area contributed by atoms with Gasteiger partial charge < -0.3 is 5.11 Å². The van der Waals surface area contributed by atoms with E-state index in [0.29, 0.717) is 25.9 Å². The van der Waals surface area contributed by atoms with Crippen molar-refractivity contribution >= 4 is 11.3 Å². The normalized spacial score (nSPS) is 21.1. The van der Waals surface area contributed by atoms with Crippen molar-refractivity contribution in [3.8, 4) is 0 Å². The van der Waals surface area contributed by atoms with Gasteiger partial charge in [0, 0.05) is 11.4 Å². The number of hydrogen-bond donors (Lipinski definition) is 1. The summed E-state index contributed by atoms with van der Waals surface area (Å²) in [6, 6.07) is 4.00. The van der Waals surface area contributed by atoms with Gasteiger partial charge in [-0.15, -0.1) is 11.3 Å². The second-order valence-electron chi connectivity index (χ2n) is 4.68. The van der Waals surface area contributed by atoms with E-state index in [-0.39, 0.29) is 0 Å². The highest BCUT2D eigenvalue weighted by molar-refractivity contribution is 7.09. The molecule has 1 saturated heterocycles. The molecule has 0 aliphatic carbocycles. The Hall–Kier alpha value is -0.590. The topological polar surface area (TPSA) is 23.5 Å². The number of hydrogen-bond acceptors (Lipinski definition) is 3. The van der Waals surface area contributed by atoms with Gasteiger partial charge in [-0.1, -0.05) is 6.07 Å². The highest BCUT2D eigenvalue weighted by atomic mass is 32.1. The van der Waals surface area contributed by atoms with Crippen molar-refractivity contribution in [2.24, 2.45) is 5.92 Å². The molecule has 1 aliphatic rings. The van der Waals surface area contributed by atoms with Gasteiger partial charge in [-0.05, 0) is 43.3 Å². The second-order valence-corrected chi connectivity index (χ2v) is 5.71. The summed E-state index contributed by atoms with van der Waals surface area (Å²) in [4.78, 5) is 3.37. The van der Waals surface area contributed by atoms with Crippen molar-refractivity contribution < 1.29 is 18.3 Å². The number of thiophene rings is 1. The van der Waals surface area contributed by atoms with E-state index < -0.39 is 18.2 Å². The molecular weight excluding hydrogens is 263 g/mol. The van der Waals surface area contributed by atoms with Crippen LogP contribution in [0.4, 0.5) is 13.2 Å². The fourth-order valence-electron chi connectivity index (χ4n) is 2.32. The Bertz CT molecular complexity index is 358. The number of alkyl halides is 3. The van der Waals surface area contributed by atoms with Gasteiger partial charge in [-0.3, -0.25) is 4.90 Å². The Morgan fingerprint density at radius 1 is 1.39 bits per heavy atom. The lowest BCUT2D eigenvalue weighted by Gasteiger charge is -2.34. The first-order valence-electron chi connectivity index (χ1n) is 5.96. The first-order valence-corrected chi connectivity index (χ1v) is 6.84. The van der Waals surface area contributed by atoms with Crippen LogP contribution in [0.3, 0.4) is 0 Å². The van der Waals surface area contributed by atoms with Crippen molar-refractivity contribution in [2.45, 2.75) is 31.7 Å². The van der Waals surface area contributed by atoms with Crippen LogP contribution < -0.4 is 0 Å². The molecule has 1 aromatic rings. The summed E-state index contributed by atoms with van der Waals surface area (Å²) in [5.74, 6) is -0.649. The number of piperidine rings is 1. The molecule has 1 aromatic heterocycles. The molecule has 0 bridgehead atoms. The summed E-state index contributed by atoms with van der Waals surface area (Å²) in [6.45, 7) is 2.04. The molecule has 1 aliphatic heterocycles. The number of nitrogens with zero attached hydrogens (tertiary/aromatic N) is 1. The van der Waals surface area contributed by atoms with Crippen LogP contribution in [-0.2, 0) is 6.54 Å². The first-order chi connectivity index (χ1) is 8.47. The van der Waals surface area contributed by atoms with E-state index >= 15 is 0 Å². The summed E-state index contributed by atoms with van der Waals surface area (Å²) in [6.07, 6.45) is -5.83.